The Labute approximate surface area is 206 Å². The molecule has 6 rings (SSSR count). The lowest BCUT2D eigenvalue weighted by atomic mass is 9.91. The molecule has 0 unspecified atom stereocenters. The highest BCUT2D eigenvalue weighted by Crippen LogP contribution is 2.42. The zero-order valence-electron chi connectivity index (χ0n) is 19.5. The van der Waals surface area contributed by atoms with Gasteiger partial charge in [0.1, 0.15) is 10.5 Å². The molecule has 0 amide bonds. The van der Waals surface area contributed by atoms with Crippen LogP contribution < -0.4 is 5.43 Å². The number of H-pyrrole nitrogens is 1. The molecule has 0 saturated heterocycles. The molecule has 3 heterocycles. The minimum absolute atomic E-state index is 0.000618. The molecule has 5 aromatic rings. The highest BCUT2D eigenvalue weighted by Gasteiger charge is 2.29. The van der Waals surface area contributed by atoms with Gasteiger partial charge in [-0.05, 0) is 60.2 Å². The number of nitrogens with zero attached hydrogens (tertiary/aromatic N) is 3. The Morgan fingerprint density at radius 3 is 2.58 bits per heavy atom. The Balaban J connectivity index is 1.75. The summed E-state index contributed by atoms with van der Waals surface area (Å²) in [5.74, 6) is 0.000618. The molecular weight excluding hydrogens is 479 g/mol. The number of benzene rings is 2. The molecule has 1 N–H and O–H groups in total. The molecule has 3 aromatic heterocycles. The Morgan fingerprint density at radius 1 is 1.14 bits per heavy atom. The molecule has 2 aromatic carbocycles. The summed E-state index contributed by atoms with van der Waals surface area (Å²) in [6.45, 7) is 3.97. The van der Waals surface area contributed by atoms with Crippen molar-refractivity contribution in [1.82, 2.24) is 14.5 Å². The Bertz CT molecular complexity index is 1940. The summed E-state index contributed by atoms with van der Waals surface area (Å²) in [5.41, 5.74) is 4.53. The molecular formula is C27H21FN4O3S. The standard InChI is InChI=1S/C27H21FN4O3S/c1-14(2)20-9-22-24(10-21(20)16-8-18(13-30-12-16)36(28,34)35)32(17-4-5-17)27-25(26(22)33)19-6-3-15(11-29)7-23(19)31-27/h3,6-10,12-14,17,31H,4-5H2,1-2H3. The topological polar surface area (TPSA) is 109 Å². The smallest absolute Gasteiger partial charge is 0.333 e. The molecule has 7 nitrogen and oxygen atoms in total. The van der Waals surface area contributed by atoms with Gasteiger partial charge in [0, 0.05) is 40.3 Å². The molecule has 0 bridgehead atoms. The number of hydrogen-bond donors (Lipinski definition) is 1. The van der Waals surface area contributed by atoms with Gasteiger partial charge in [0.15, 0.2) is 5.43 Å². The fourth-order valence-electron chi connectivity index (χ4n) is 5.04. The number of aromatic nitrogens is 3. The van der Waals surface area contributed by atoms with Crippen LogP contribution in [0, 0.1) is 11.3 Å². The number of pyridine rings is 2. The van der Waals surface area contributed by atoms with Crippen molar-refractivity contribution in [2.24, 2.45) is 0 Å². The van der Waals surface area contributed by atoms with E-state index in [4.69, 9.17) is 0 Å². The average Bonchev–Trinajstić information content (AvgIpc) is 3.61. The first-order valence-electron chi connectivity index (χ1n) is 11.6. The molecule has 36 heavy (non-hydrogen) atoms. The fraction of sp³-hybridized carbons (Fsp3) is 0.222. The number of nitrogens with one attached hydrogen (secondary N) is 1. The summed E-state index contributed by atoms with van der Waals surface area (Å²) in [4.78, 5) is 20.7. The summed E-state index contributed by atoms with van der Waals surface area (Å²) >= 11 is 0. The predicted octanol–water partition coefficient (Wildman–Crippen LogP) is 5.69. The summed E-state index contributed by atoms with van der Waals surface area (Å²) < 4.78 is 39.0. The molecule has 180 valence electrons. The van der Waals surface area contributed by atoms with E-state index >= 15 is 0 Å². The van der Waals surface area contributed by atoms with Crippen LogP contribution in [-0.2, 0) is 10.2 Å². The third kappa shape index (κ3) is 3.40. The van der Waals surface area contributed by atoms with Gasteiger partial charge in [0.05, 0.1) is 22.5 Å². The lowest BCUT2D eigenvalue weighted by Crippen LogP contribution is -2.11. The van der Waals surface area contributed by atoms with Gasteiger partial charge in [-0.15, -0.1) is 3.89 Å². The van der Waals surface area contributed by atoms with Crippen molar-refractivity contribution in [1.29, 1.82) is 5.26 Å². The second-order valence-corrected chi connectivity index (χ2v) is 11.0. The number of fused-ring (bicyclic) bond motifs is 4. The predicted molar refractivity (Wildman–Crippen MR) is 136 cm³/mol. The maximum absolute atomic E-state index is 13.9. The van der Waals surface area contributed by atoms with Crippen LogP contribution in [0.5, 0.6) is 0 Å². The van der Waals surface area contributed by atoms with E-state index in [1.54, 1.807) is 12.1 Å². The van der Waals surface area contributed by atoms with Gasteiger partial charge in [0.2, 0.25) is 0 Å². The van der Waals surface area contributed by atoms with Gasteiger partial charge in [-0.1, -0.05) is 19.9 Å². The quantitative estimate of drug-likeness (QED) is 0.319. The highest BCUT2D eigenvalue weighted by atomic mass is 32.3. The molecule has 9 heteroatoms. The number of aromatic amines is 1. The molecule has 0 aliphatic heterocycles. The molecule has 0 radical (unpaired) electrons. The van der Waals surface area contributed by atoms with Crippen LogP contribution in [0.25, 0.3) is 44.0 Å². The second kappa shape index (κ2) is 7.73. The van der Waals surface area contributed by atoms with Gasteiger partial charge < -0.3 is 9.55 Å². The molecule has 1 aliphatic carbocycles. The molecule has 1 aliphatic rings. The van der Waals surface area contributed by atoms with Crippen molar-refractivity contribution in [3.05, 3.63) is 70.1 Å². The SMILES string of the molecule is CC(C)c1cc2c(=O)c3c4ccc(C#N)cc4[nH]c3n(C3CC3)c2cc1-c1cncc(S(=O)(=O)F)c1. The van der Waals surface area contributed by atoms with Crippen molar-refractivity contribution >= 4 is 43.1 Å². The average molecular weight is 501 g/mol. The number of rotatable bonds is 4. The van der Waals surface area contributed by atoms with E-state index in [0.29, 0.717) is 33.1 Å². The lowest BCUT2D eigenvalue weighted by Gasteiger charge is -2.18. The first-order chi connectivity index (χ1) is 17.2. The van der Waals surface area contributed by atoms with Crippen molar-refractivity contribution in [3.8, 4) is 17.2 Å². The Kier molecular flexibility index (Phi) is 4.82. The highest BCUT2D eigenvalue weighted by molar-refractivity contribution is 7.86. The van der Waals surface area contributed by atoms with E-state index in [2.05, 4.69) is 20.6 Å². The Morgan fingerprint density at radius 2 is 1.92 bits per heavy atom. The van der Waals surface area contributed by atoms with E-state index in [-0.39, 0.29) is 17.4 Å². The van der Waals surface area contributed by atoms with Crippen LogP contribution in [0.15, 0.2) is 58.5 Å². The van der Waals surface area contributed by atoms with E-state index in [0.717, 1.165) is 41.0 Å². The fourth-order valence-corrected chi connectivity index (χ4v) is 5.50. The first kappa shape index (κ1) is 22.4. The lowest BCUT2D eigenvalue weighted by molar-refractivity contribution is 0.551. The third-order valence-corrected chi connectivity index (χ3v) is 7.67. The van der Waals surface area contributed by atoms with Crippen molar-refractivity contribution in [3.63, 3.8) is 0 Å². The maximum Gasteiger partial charge on any atom is 0.333 e. The first-order valence-corrected chi connectivity index (χ1v) is 13.0. The van der Waals surface area contributed by atoms with Gasteiger partial charge >= 0.3 is 10.2 Å². The van der Waals surface area contributed by atoms with Crippen LogP contribution in [-0.4, -0.2) is 23.0 Å². The minimum atomic E-state index is -4.92. The summed E-state index contributed by atoms with van der Waals surface area (Å²) in [7, 11) is -4.92. The van der Waals surface area contributed by atoms with Gasteiger partial charge in [-0.2, -0.15) is 13.7 Å². The van der Waals surface area contributed by atoms with Gasteiger partial charge in [0.25, 0.3) is 0 Å². The molecule has 1 fully saturated rings. The monoisotopic (exact) mass is 500 g/mol. The van der Waals surface area contributed by atoms with E-state index in [1.807, 2.05) is 32.0 Å². The molecule has 1 saturated carbocycles. The Hall–Kier alpha value is -4.03. The van der Waals surface area contributed by atoms with Crippen LogP contribution in [0.4, 0.5) is 3.89 Å². The zero-order chi connectivity index (χ0) is 25.4. The van der Waals surface area contributed by atoms with Gasteiger partial charge in [-0.3, -0.25) is 9.78 Å². The van der Waals surface area contributed by atoms with Crippen molar-refractivity contribution in [2.45, 2.75) is 43.5 Å². The number of nitriles is 1. The third-order valence-electron chi connectivity index (χ3n) is 6.89. The van der Waals surface area contributed by atoms with Crippen LogP contribution in [0.3, 0.4) is 0 Å². The maximum atomic E-state index is 13.9. The summed E-state index contributed by atoms with van der Waals surface area (Å²) in [5, 5.41) is 11.2. The number of hydrogen-bond acceptors (Lipinski definition) is 5. The summed E-state index contributed by atoms with van der Waals surface area (Å²) in [6, 6.07) is 12.6. The van der Waals surface area contributed by atoms with Crippen LogP contribution in [0.1, 0.15) is 49.8 Å². The van der Waals surface area contributed by atoms with Gasteiger partial charge in [-0.25, -0.2) is 0 Å². The van der Waals surface area contributed by atoms with Crippen molar-refractivity contribution in [2.75, 3.05) is 0 Å². The van der Waals surface area contributed by atoms with Crippen LogP contribution in [0.2, 0.25) is 0 Å². The van der Waals surface area contributed by atoms with E-state index < -0.39 is 15.1 Å². The second-order valence-electron chi connectivity index (χ2n) is 9.61. The molecule has 0 atom stereocenters. The van der Waals surface area contributed by atoms with E-state index in [9.17, 15) is 22.4 Å². The van der Waals surface area contributed by atoms with Crippen LogP contribution >= 0.6 is 0 Å². The minimum Gasteiger partial charge on any atom is -0.340 e. The van der Waals surface area contributed by atoms with E-state index in [1.165, 1.54) is 12.3 Å². The summed E-state index contributed by atoms with van der Waals surface area (Å²) in [6.07, 6.45) is 4.42. The molecule has 0 spiro atoms. The normalized spacial score (nSPS) is 14.2. The van der Waals surface area contributed by atoms with Crippen molar-refractivity contribution < 1.29 is 12.3 Å². The largest absolute Gasteiger partial charge is 0.340 e. The number of halogens is 1. The zero-order valence-corrected chi connectivity index (χ0v) is 20.4.